The second kappa shape index (κ2) is 8.93. The van der Waals surface area contributed by atoms with E-state index in [-0.39, 0.29) is 5.91 Å². The van der Waals surface area contributed by atoms with E-state index in [0.29, 0.717) is 34.9 Å². The first-order chi connectivity index (χ1) is 11.6. The number of carbonyl (C=O) groups is 1. The molecule has 0 aromatic heterocycles. The smallest absolute Gasteiger partial charge is 0.240 e. The van der Waals surface area contributed by atoms with E-state index in [4.69, 9.17) is 21.1 Å². The molecule has 5 nitrogen and oxygen atoms in total. The average molecular weight is 347 g/mol. The summed E-state index contributed by atoms with van der Waals surface area (Å²) in [7, 11) is 3.07. The van der Waals surface area contributed by atoms with Crippen LogP contribution in [-0.4, -0.2) is 26.3 Å². The van der Waals surface area contributed by atoms with Crippen LogP contribution in [0.25, 0.3) is 0 Å². The lowest BCUT2D eigenvalue weighted by Gasteiger charge is -2.09. The van der Waals surface area contributed by atoms with E-state index in [1.165, 1.54) is 13.3 Å². The summed E-state index contributed by atoms with van der Waals surface area (Å²) in [4.78, 5) is 11.8. The maximum atomic E-state index is 11.8. The van der Waals surface area contributed by atoms with E-state index >= 15 is 0 Å². The van der Waals surface area contributed by atoms with Gasteiger partial charge in [0.15, 0.2) is 0 Å². The number of methoxy groups -OCH3 is 2. The van der Waals surface area contributed by atoms with Crippen molar-refractivity contribution in [2.75, 3.05) is 14.2 Å². The summed E-state index contributed by atoms with van der Waals surface area (Å²) in [5.41, 5.74) is 4.26. The second-order valence-corrected chi connectivity index (χ2v) is 5.41. The number of ether oxygens (including phenoxy) is 2. The van der Waals surface area contributed by atoms with Crippen molar-refractivity contribution in [3.63, 3.8) is 0 Å². The molecule has 2 rings (SSSR count). The molecule has 1 amide bonds. The average Bonchev–Trinajstić information content (AvgIpc) is 2.61. The topological polar surface area (TPSA) is 59.9 Å². The summed E-state index contributed by atoms with van der Waals surface area (Å²) in [6.07, 6.45) is 2.52. The molecule has 6 heteroatoms. The van der Waals surface area contributed by atoms with Gasteiger partial charge in [-0.05, 0) is 18.1 Å². The molecule has 0 fully saturated rings. The summed E-state index contributed by atoms with van der Waals surface area (Å²) in [5, 5.41) is 4.39. The first-order valence-electron chi connectivity index (χ1n) is 7.41. The van der Waals surface area contributed by atoms with Crippen molar-refractivity contribution in [2.24, 2.45) is 5.10 Å². The van der Waals surface area contributed by atoms with E-state index in [1.54, 1.807) is 19.2 Å². The maximum Gasteiger partial charge on any atom is 0.240 e. The summed E-state index contributed by atoms with van der Waals surface area (Å²) in [6.45, 7) is 0. The Kier molecular flexibility index (Phi) is 6.63. The Labute approximate surface area is 146 Å². The number of aryl methyl sites for hydroxylation is 1. The van der Waals surface area contributed by atoms with Gasteiger partial charge >= 0.3 is 0 Å². The molecule has 0 bridgehead atoms. The van der Waals surface area contributed by atoms with Gasteiger partial charge in [-0.3, -0.25) is 4.79 Å². The molecular weight excluding hydrogens is 328 g/mol. The van der Waals surface area contributed by atoms with E-state index in [9.17, 15) is 4.79 Å². The van der Waals surface area contributed by atoms with Crippen molar-refractivity contribution in [3.05, 3.63) is 58.6 Å². The minimum absolute atomic E-state index is 0.159. The van der Waals surface area contributed by atoms with Gasteiger partial charge in [0.2, 0.25) is 5.91 Å². The Morgan fingerprint density at radius 1 is 1.17 bits per heavy atom. The molecule has 0 aliphatic heterocycles. The molecule has 0 aliphatic carbocycles. The highest BCUT2D eigenvalue weighted by atomic mass is 35.5. The SMILES string of the molecule is COc1cc(OC)c(/C=N\NC(=O)CCc2ccccc2)cc1Cl. The fraction of sp³-hybridized carbons (Fsp3) is 0.222. The van der Waals surface area contributed by atoms with Crippen molar-refractivity contribution < 1.29 is 14.3 Å². The zero-order valence-electron chi connectivity index (χ0n) is 13.6. The maximum absolute atomic E-state index is 11.8. The molecule has 0 unspecified atom stereocenters. The molecule has 2 aromatic rings. The molecule has 0 saturated carbocycles. The van der Waals surface area contributed by atoms with Crippen LogP contribution in [0.5, 0.6) is 11.5 Å². The first-order valence-corrected chi connectivity index (χ1v) is 7.79. The van der Waals surface area contributed by atoms with Crippen molar-refractivity contribution in [3.8, 4) is 11.5 Å². The predicted octanol–water partition coefficient (Wildman–Crippen LogP) is 3.44. The zero-order chi connectivity index (χ0) is 17.4. The van der Waals surface area contributed by atoms with Crippen LogP contribution >= 0.6 is 11.6 Å². The van der Waals surface area contributed by atoms with Gasteiger partial charge in [0.25, 0.3) is 0 Å². The fourth-order valence-electron chi connectivity index (χ4n) is 2.12. The Balaban J connectivity index is 1.93. The molecule has 0 spiro atoms. The Morgan fingerprint density at radius 3 is 2.54 bits per heavy atom. The van der Waals surface area contributed by atoms with Crippen LogP contribution in [0.1, 0.15) is 17.5 Å². The number of hydrogen-bond acceptors (Lipinski definition) is 4. The van der Waals surface area contributed by atoms with E-state index in [0.717, 1.165) is 5.56 Å². The van der Waals surface area contributed by atoms with Crippen LogP contribution in [0, 0.1) is 0 Å². The second-order valence-electron chi connectivity index (χ2n) is 5.01. The highest BCUT2D eigenvalue weighted by Gasteiger charge is 2.08. The number of nitrogens with zero attached hydrogens (tertiary/aromatic N) is 1. The van der Waals surface area contributed by atoms with Crippen LogP contribution in [0.3, 0.4) is 0 Å². The van der Waals surface area contributed by atoms with Crippen molar-refractivity contribution in [2.45, 2.75) is 12.8 Å². The minimum atomic E-state index is -0.159. The van der Waals surface area contributed by atoms with Gasteiger partial charge in [-0.1, -0.05) is 41.9 Å². The highest BCUT2D eigenvalue weighted by molar-refractivity contribution is 6.32. The van der Waals surface area contributed by atoms with E-state index in [1.807, 2.05) is 30.3 Å². The van der Waals surface area contributed by atoms with Crippen LogP contribution in [0.4, 0.5) is 0 Å². The molecule has 126 valence electrons. The molecule has 0 aliphatic rings. The lowest BCUT2D eigenvalue weighted by Crippen LogP contribution is -2.17. The molecule has 2 aromatic carbocycles. The van der Waals surface area contributed by atoms with Crippen LogP contribution in [0.2, 0.25) is 5.02 Å². The number of rotatable bonds is 7. The molecule has 24 heavy (non-hydrogen) atoms. The van der Waals surface area contributed by atoms with Gasteiger partial charge in [-0.15, -0.1) is 0 Å². The van der Waals surface area contributed by atoms with Crippen LogP contribution < -0.4 is 14.9 Å². The molecule has 0 heterocycles. The van der Waals surface area contributed by atoms with Crippen molar-refractivity contribution in [1.29, 1.82) is 0 Å². The van der Waals surface area contributed by atoms with Crippen LogP contribution in [0.15, 0.2) is 47.6 Å². The van der Waals surface area contributed by atoms with Gasteiger partial charge in [0, 0.05) is 18.1 Å². The number of amides is 1. The van der Waals surface area contributed by atoms with Gasteiger partial charge in [0.05, 0.1) is 25.5 Å². The Hall–Kier alpha value is -2.53. The highest BCUT2D eigenvalue weighted by Crippen LogP contribution is 2.31. The van der Waals surface area contributed by atoms with Crippen LogP contribution in [-0.2, 0) is 11.2 Å². The number of benzene rings is 2. The summed E-state index contributed by atoms with van der Waals surface area (Å²) in [5.74, 6) is 0.907. The monoisotopic (exact) mass is 346 g/mol. The van der Waals surface area contributed by atoms with Gasteiger partial charge in [-0.2, -0.15) is 5.10 Å². The Morgan fingerprint density at radius 2 is 1.88 bits per heavy atom. The summed E-state index contributed by atoms with van der Waals surface area (Å²) >= 11 is 6.09. The first kappa shape index (κ1) is 17.8. The number of hydrazone groups is 1. The van der Waals surface area contributed by atoms with Crippen molar-refractivity contribution >= 4 is 23.7 Å². The number of carbonyl (C=O) groups excluding carboxylic acids is 1. The number of halogens is 1. The number of nitrogens with one attached hydrogen (secondary N) is 1. The minimum Gasteiger partial charge on any atom is -0.496 e. The van der Waals surface area contributed by atoms with E-state index < -0.39 is 0 Å². The molecule has 1 N–H and O–H groups in total. The third-order valence-corrected chi connectivity index (χ3v) is 3.68. The summed E-state index contributed by atoms with van der Waals surface area (Å²) < 4.78 is 10.4. The standard InChI is InChI=1S/C18H19ClN2O3/c1-23-16-11-17(24-2)15(19)10-14(16)12-20-21-18(22)9-8-13-6-4-3-5-7-13/h3-7,10-12H,8-9H2,1-2H3,(H,21,22)/b20-12-. The third-order valence-electron chi connectivity index (χ3n) is 3.38. The molecule has 0 atom stereocenters. The summed E-state index contributed by atoms with van der Waals surface area (Å²) in [6, 6.07) is 13.2. The molecular formula is C18H19ClN2O3. The normalized spacial score (nSPS) is 10.6. The predicted molar refractivity (Wildman–Crippen MR) is 95.1 cm³/mol. The third kappa shape index (κ3) is 4.99. The van der Waals surface area contributed by atoms with Gasteiger partial charge in [-0.25, -0.2) is 5.43 Å². The lowest BCUT2D eigenvalue weighted by atomic mass is 10.1. The largest absolute Gasteiger partial charge is 0.496 e. The van der Waals surface area contributed by atoms with Crippen molar-refractivity contribution in [1.82, 2.24) is 5.43 Å². The zero-order valence-corrected chi connectivity index (χ0v) is 14.3. The molecule has 0 saturated heterocycles. The van der Waals surface area contributed by atoms with Gasteiger partial charge in [0.1, 0.15) is 11.5 Å². The van der Waals surface area contributed by atoms with Gasteiger partial charge < -0.3 is 9.47 Å². The number of hydrogen-bond donors (Lipinski definition) is 1. The van der Waals surface area contributed by atoms with E-state index in [2.05, 4.69) is 10.5 Å². The molecule has 0 radical (unpaired) electrons. The lowest BCUT2D eigenvalue weighted by molar-refractivity contribution is -0.121. The quantitative estimate of drug-likeness (QED) is 0.617. The fourth-order valence-corrected chi connectivity index (χ4v) is 2.37. The Bertz CT molecular complexity index is 718.